The molecule has 290 valence electrons. The first-order valence-corrected chi connectivity index (χ1v) is 21.1. The smallest absolute Gasteiger partial charge is 0.160 e. The number of benzene rings is 9. The van der Waals surface area contributed by atoms with Crippen molar-refractivity contribution < 1.29 is 0 Å². The molecule has 9 aromatic carbocycles. The molecule has 0 N–H and O–H groups in total. The largest absolute Gasteiger partial charge is 0.307 e. The Morgan fingerprint density at radius 2 is 0.677 bits per heavy atom. The molecule has 4 heteroatoms. The van der Waals surface area contributed by atoms with E-state index >= 15 is 0 Å². The Morgan fingerprint density at radius 3 is 1.26 bits per heavy atom. The van der Waals surface area contributed by atoms with Gasteiger partial charge in [-0.1, -0.05) is 176 Å². The molecule has 4 nitrogen and oxygen atoms in total. The van der Waals surface area contributed by atoms with Gasteiger partial charge < -0.3 is 9.13 Å². The molecule has 12 rings (SSSR count). The van der Waals surface area contributed by atoms with E-state index in [0.29, 0.717) is 5.82 Å². The fourth-order valence-electron chi connectivity index (χ4n) is 9.20. The first-order chi connectivity index (χ1) is 30.7. The van der Waals surface area contributed by atoms with Crippen LogP contribution >= 0.6 is 0 Å². The van der Waals surface area contributed by atoms with Crippen molar-refractivity contribution in [3.8, 4) is 67.5 Å². The predicted octanol–water partition coefficient (Wildman–Crippen LogP) is 15.0. The van der Waals surface area contributed by atoms with Gasteiger partial charge in [-0.05, 0) is 76.9 Å². The van der Waals surface area contributed by atoms with Crippen molar-refractivity contribution in [1.82, 2.24) is 19.1 Å². The maximum absolute atomic E-state index is 5.21. The molecule has 0 fully saturated rings. The molecule has 0 atom stereocenters. The summed E-state index contributed by atoms with van der Waals surface area (Å²) < 4.78 is 4.90. The Bertz CT molecular complexity index is 3590. The third kappa shape index (κ3) is 6.00. The van der Waals surface area contributed by atoms with Crippen LogP contribution in [-0.4, -0.2) is 19.1 Å². The average molecular weight is 791 g/mol. The second-order valence-corrected chi connectivity index (χ2v) is 15.8. The van der Waals surface area contributed by atoms with Crippen molar-refractivity contribution in [3.05, 3.63) is 231 Å². The Balaban J connectivity index is 1.03. The number of nitrogens with zero attached hydrogens (tertiary/aromatic N) is 4. The van der Waals surface area contributed by atoms with Crippen LogP contribution in [0.5, 0.6) is 0 Å². The summed E-state index contributed by atoms with van der Waals surface area (Å²) in [4.78, 5) is 10.4. The van der Waals surface area contributed by atoms with Gasteiger partial charge in [0, 0.05) is 49.6 Å². The minimum Gasteiger partial charge on any atom is -0.307 e. The first kappa shape index (κ1) is 35.6. The van der Waals surface area contributed by atoms with Crippen molar-refractivity contribution in [2.45, 2.75) is 0 Å². The monoisotopic (exact) mass is 790 g/mol. The SMILES string of the molecule is c1ccc(-c2ccc(-c3cc(-c4ccccc4)nc(-c4ccc(-n5c6ccccc6c6ccc7c8ccccc8n(-c8cccc(-c9ccccc9)c8)c7c65)cc4)n3)cc2)cc1. The molecule has 3 heterocycles. The Labute approximate surface area is 359 Å². The lowest BCUT2D eigenvalue weighted by Crippen LogP contribution is -1.99. The average Bonchev–Trinajstić information content (AvgIpc) is 3.88. The summed E-state index contributed by atoms with van der Waals surface area (Å²) >= 11 is 0. The highest BCUT2D eigenvalue weighted by atomic mass is 15.0. The van der Waals surface area contributed by atoms with Crippen LogP contribution in [0.25, 0.3) is 111 Å². The molecule has 62 heavy (non-hydrogen) atoms. The maximum Gasteiger partial charge on any atom is 0.160 e. The molecule has 0 saturated heterocycles. The van der Waals surface area contributed by atoms with E-state index in [2.05, 4.69) is 228 Å². The van der Waals surface area contributed by atoms with Gasteiger partial charge in [-0.25, -0.2) is 9.97 Å². The van der Waals surface area contributed by atoms with Crippen LogP contribution in [0.3, 0.4) is 0 Å². The van der Waals surface area contributed by atoms with Crippen molar-refractivity contribution in [1.29, 1.82) is 0 Å². The van der Waals surface area contributed by atoms with Crippen LogP contribution < -0.4 is 0 Å². The van der Waals surface area contributed by atoms with Gasteiger partial charge in [-0.15, -0.1) is 0 Å². The van der Waals surface area contributed by atoms with Gasteiger partial charge in [0.25, 0.3) is 0 Å². The van der Waals surface area contributed by atoms with Gasteiger partial charge in [0.2, 0.25) is 0 Å². The third-order valence-electron chi connectivity index (χ3n) is 12.1. The van der Waals surface area contributed by atoms with E-state index in [9.17, 15) is 0 Å². The van der Waals surface area contributed by atoms with Crippen LogP contribution in [0.4, 0.5) is 0 Å². The second kappa shape index (κ2) is 14.7. The summed E-state index contributed by atoms with van der Waals surface area (Å²) in [5.74, 6) is 0.683. The van der Waals surface area contributed by atoms with Crippen LogP contribution in [0.15, 0.2) is 231 Å². The molecule has 0 saturated carbocycles. The molecule has 0 aliphatic carbocycles. The predicted molar refractivity (Wildman–Crippen MR) is 258 cm³/mol. The summed E-state index contributed by atoms with van der Waals surface area (Å²) in [6.45, 7) is 0. The van der Waals surface area contributed by atoms with E-state index in [0.717, 1.165) is 45.0 Å². The van der Waals surface area contributed by atoms with Crippen LogP contribution in [-0.2, 0) is 0 Å². The Hall–Kier alpha value is -8.34. The lowest BCUT2D eigenvalue weighted by Gasteiger charge is -2.14. The fourth-order valence-corrected chi connectivity index (χ4v) is 9.20. The van der Waals surface area contributed by atoms with E-state index in [-0.39, 0.29) is 0 Å². The standard InChI is InChI=1S/C58H38N4/c1-4-15-39(16-5-1)41-27-29-43(30-28-41)53-38-52(42-19-8-3-9-20-42)59-58(60-53)44-31-33-46(34-32-44)61-54-25-12-10-23-48(54)50-35-36-51-49-24-11-13-26-55(49)62(57(51)56(50)61)47-22-14-21-45(37-47)40-17-6-2-7-18-40/h1-38H. The van der Waals surface area contributed by atoms with Crippen molar-refractivity contribution in [2.24, 2.45) is 0 Å². The Morgan fingerprint density at radius 1 is 0.258 bits per heavy atom. The van der Waals surface area contributed by atoms with Gasteiger partial charge in [0.05, 0.1) is 33.5 Å². The van der Waals surface area contributed by atoms with Gasteiger partial charge in [-0.2, -0.15) is 0 Å². The van der Waals surface area contributed by atoms with E-state index in [1.165, 1.54) is 60.3 Å². The quantitative estimate of drug-likeness (QED) is 0.161. The first-order valence-electron chi connectivity index (χ1n) is 21.1. The summed E-state index contributed by atoms with van der Waals surface area (Å²) in [7, 11) is 0. The fraction of sp³-hybridized carbons (Fsp3) is 0. The van der Waals surface area contributed by atoms with Crippen LogP contribution in [0.1, 0.15) is 0 Å². The molecule has 0 aliphatic heterocycles. The molecule has 0 bridgehead atoms. The molecular weight excluding hydrogens is 753 g/mol. The second-order valence-electron chi connectivity index (χ2n) is 15.8. The molecule has 0 radical (unpaired) electrons. The minimum atomic E-state index is 0.683. The van der Waals surface area contributed by atoms with E-state index in [4.69, 9.17) is 9.97 Å². The van der Waals surface area contributed by atoms with E-state index < -0.39 is 0 Å². The molecule has 0 amide bonds. The van der Waals surface area contributed by atoms with Gasteiger partial charge >= 0.3 is 0 Å². The number of hydrogen-bond acceptors (Lipinski definition) is 2. The topological polar surface area (TPSA) is 35.6 Å². The molecule has 0 unspecified atom stereocenters. The highest BCUT2D eigenvalue weighted by Crippen LogP contribution is 2.42. The minimum absolute atomic E-state index is 0.683. The molecule has 3 aromatic heterocycles. The van der Waals surface area contributed by atoms with Gasteiger partial charge in [0.1, 0.15) is 0 Å². The molecular formula is C58H38N4. The van der Waals surface area contributed by atoms with Gasteiger partial charge in [0.15, 0.2) is 5.82 Å². The summed E-state index contributed by atoms with van der Waals surface area (Å²) in [6, 6.07) is 82.1. The number of para-hydroxylation sites is 2. The van der Waals surface area contributed by atoms with Crippen LogP contribution in [0.2, 0.25) is 0 Å². The van der Waals surface area contributed by atoms with Crippen molar-refractivity contribution >= 4 is 43.6 Å². The lowest BCUT2D eigenvalue weighted by atomic mass is 10.0. The number of aromatic nitrogens is 4. The zero-order chi connectivity index (χ0) is 41.0. The van der Waals surface area contributed by atoms with Crippen LogP contribution in [0, 0.1) is 0 Å². The summed E-state index contributed by atoms with van der Waals surface area (Å²) in [5, 5.41) is 4.87. The molecule has 0 spiro atoms. The molecule has 12 aromatic rings. The Kier molecular flexibility index (Phi) is 8.46. The maximum atomic E-state index is 5.21. The van der Waals surface area contributed by atoms with E-state index in [1.807, 2.05) is 12.1 Å². The highest BCUT2D eigenvalue weighted by molar-refractivity contribution is 6.23. The molecule has 0 aliphatic rings. The highest BCUT2D eigenvalue weighted by Gasteiger charge is 2.22. The zero-order valence-corrected chi connectivity index (χ0v) is 33.7. The normalized spacial score (nSPS) is 11.5. The lowest BCUT2D eigenvalue weighted by molar-refractivity contribution is 1.14. The van der Waals surface area contributed by atoms with Crippen molar-refractivity contribution in [3.63, 3.8) is 0 Å². The van der Waals surface area contributed by atoms with Gasteiger partial charge in [-0.3, -0.25) is 0 Å². The number of fused-ring (bicyclic) bond motifs is 7. The number of rotatable bonds is 7. The number of hydrogen-bond donors (Lipinski definition) is 0. The summed E-state index contributed by atoms with van der Waals surface area (Å²) in [5.41, 5.74) is 16.4. The zero-order valence-electron chi connectivity index (χ0n) is 33.7. The van der Waals surface area contributed by atoms with Crippen molar-refractivity contribution in [2.75, 3.05) is 0 Å². The third-order valence-corrected chi connectivity index (χ3v) is 12.1. The summed E-state index contributed by atoms with van der Waals surface area (Å²) in [6.07, 6.45) is 0. The van der Waals surface area contributed by atoms with E-state index in [1.54, 1.807) is 0 Å².